The number of hydrogen-bond acceptors (Lipinski definition) is 3. The summed E-state index contributed by atoms with van der Waals surface area (Å²) in [4.78, 5) is 10.8. The molecular formula is C15H16N2O2S. The topological polar surface area (TPSA) is 55.1 Å². The zero-order chi connectivity index (χ0) is 14.1. The average Bonchev–Trinajstić information content (AvgIpc) is 3.18. The molecule has 0 spiro atoms. The van der Waals surface area contributed by atoms with Crippen LogP contribution in [0.15, 0.2) is 35.4 Å². The Balaban J connectivity index is 1.99. The van der Waals surface area contributed by atoms with Crippen molar-refractivity contribution >= 4 is 17.7 Å². The third kappa shape index (κ3) is 2.72. The normalized spacial score (nSPS) is 14.4. The third-order valence-electron chi connectivity index (χ3n) is 3.38. The van der Waals surface area contributed by atoms with Gasteiger partial charge in [-0.05, 0) is 37.5 Å². The Bertz CT molecular complexity index is 647. The third-order valence-corrected chi connectivity index (χ3v) is 4.36. The van der Waals surface area contributed by atoms with Gasteiger partial charge in [0, 0.05) is 5.92 Å². The Morgan fingerprint density at radius 3 is 2.85 bits per heavy atom. The van der Waals surface area contributed by atoms with Crippen molar-refractivity contribution in [3.05, 3.63) is 41.6 Å². The van der Waals surface area contributed by atoms with Crippen molar-refractivity contribution in [3.8, 4) is 5.69 Å². The highest BCUT2D eigenvalue weighted by atomic mass is 32.2. The van der Waals surface area contributed by atoms with Crippen LogP contribution < -0.4 is 0 Å². The van der Waals surface area contributed by atoms with Gasteiger partial charge in [-0.3, -0.25) is 4.79 Å². The fraction of sp³-hybridized carbons (Fsp3) is 0.333. The molecule has 104 valence electrons. The van der Waals surface area contributed by atoms with Crippen LogP contribution in [-0.4, -0.2) is 26.6 Å². The van der Waals surface area contributed by atoms with Crippen LogP contribution in [-0.2, 0) is 4.79 Å². The van der Waals surface area contributed by atoms with E-state index >= 15 is 0 Å². The van der Waals surface area contributed by atoms with Gasteiger partial charge < -0.3 is 5.11 Å². The Hall–Kier alpha value is -1.75. The molecule has 1 fully saturated rings. The lowest BCUT2D eigenvalue weighted by molar-refractivity contribution is -0.133. The lowest BCUT2D eigenvalue weighted by Gasteiger charge is -2.08. The minimum Gasteiger partial charge on any atom is -0.481 e. The van der Waals surface area contributed by atoms with Crippen LogP contribution in [0, 0.1) is 6.92 Å². The largest absolute Gasteiger partial charge is 0.481 e. The first-order valence-corrected chi connectivity index (χ1v) is 7.64. The second kappa shape index (κ2) is 5.32. The molecule has 1 aliphatic carbocycles. The van der Waals surface area contributed by atoms with E-state index in [4.69, 9.17) is 5.11 Å². The van der Waals surface area contributed by atoms with Crippen LogP contribution in [0.5, 0.6) is 0 Å². The number of carboxylic acid groups (broad SMARTS) is 1. The van der Waals surface area contributed by atoms with E-state index < -0.39 is 5.97 Å². The molecular weight excluding hydrogens is 272 g/mol. The maximum atomic E-state index is 10.8. The van der Waals surface area contributed by atoms with E-state index in [9.17, 15) is 4.79 Å². The smallest absolute Gasteiger partial charge is 0.313 e. The van der Waals surface area contributed by atoms with Crippen molar-refractivity contribution in [2.75, 3.05) is 5.75 Å². The number of carboxylic acids is 1. The number of rotatable bonds is 5. The maximum absolute atomic E-state index is 10.8. The van der Waals surface area contributed by atoms with E-state index in [2.05, 4.69) is 5.10 Å². The van der Waals surface area contributed by atoms with Crippen molar-refractivity contribution in [1.82, 2.24) is 9.78 Å². The van der Waals surface area contributed by atoms with E-state index in [0.29, 0.717) is 5.92 Å². The molecule has 20 heavy (non-hydrogen) atoms. The van der Waals surface area contributed by atoms with Crippen molar-refractivity contribution in [1.29, 1.82) is 0 Å². The van der Waals surface area contributed by atoms with Crippen LogP contribution in [0.4, 0.5) is 0 Å². The number of carbonyl (C=O) groups is 1. The highest BCUT2D eigenvalue weighted by Gasteiger charge is 2.28. The summed E-state index contributed by atoms with van der Waals surface area (Å²) >= 11 is 1.33. The minimum absolute atomic E-state index is 0.0572. The Morgan fingerprint density at radius 1 is 1.45 bits per heavy atom. The fourth-order valence-electron chi connectivity index (χ4n) is 2.17. The van der Waals surface area contributed by atoms with Gasteiger partial charge in [-0.15, -0.1) is 0 Å². The number of nitrogens with zero attached hydrogens (tertiary/aromatic N) is 2. The molecule has 1 saturated carbocycles. The molecule has 1 aromatic heterocycles. The lowest BCUT2D eigenvalue weighted by atomic mass is 10.2. The summed E-state index contributed by atoms with van der Waals surface area (Å²) in [5.74, 6) is -0.188. The Labute approximate surface area is 121 Å². The number of hydrogen-bond donors (Lipinski definition) is 1. The van der Waals surface area contributed by atoms with Gasteiger partial charge in [-0.1, -0.05) is 30.0 Å². The van der Waals surface area contributed by atoms with Crippen molar-refractivity contribution < 1.29 is 9.90 Å². The number of aromatic nitrogens is 2. The van der Waals surface area contributed by atoms with Gasteiger partial charge in [0.2, 0.25) is 0 Å². The van der Waals surface area contributed by atoms with Crippen LogP contribution in [0.25, 0.3) is 5.69 Å². The molecule has 0 unspecified atom stereocenters. The van der Waals surface area contributed by atoms with Gasteiger partial charge in [-0.25, -0.2) is 4.68 Å². The molecule has 5 heteroatoms. The van der Waals surface area contributed by atoms with Gasteiger partial charge >= 0.3 is 5.97 Å². The van der Waals surface area contributed by atoms with Crippen LogP contribution in [0.3, 0.4) is 0 Å². The molecule has 0 saturated heterocycles. The molecule has 0 atom stereocenters. The molecule has 1 aromatic carbocycles. The summed E-state index contributed by atoms with van der Waals surface area (Å²) in [6.45, 7) is 2.04. The van der Waals surface area contributed by atoms with Gasteiger partial charge in [0.05, 0.1) is 17.1 Å². The van der Waals surface area contributed by atoms with Crippen molar-refractivity contribution in [2.24, 2.45) is 0 Å². The predicted octanol–water partition coefficient (Wildman–Crippen LogP) is 3.23. The monoisotopic (exact) mass is 288 g/mol. The molecule has 4 nitrogen and oxygen atoms in total. The molecule has 1 heterocycles. The van der Waals surface area contributed by atoms with E-state index in [1.807, 2.05) is 41.9 Å². The summed E-state index contributed by atoms with van der Waals surface area (Å²) in [7, 11) is 0. The molecule has 3 rings (SSSR count). The van der Waals surface area contributed by atoms with Crippen LogP contribution in [0.2, 0.25) is 0 Å². The van der Waals surface area contributed by atoms with Crippen molar-refractivity contribution in [2.45, 2.75) is 30.7 Å². The number of aliphatic carboxylic acids is 1. The average molecular weight is 288 g/mol. The Morgan fingerprint density at radius 2 is 2.20 bits per heavy atom. The first-order chi connectivity index (χ1) is 9.65. The summed E-state index contributed by atoms with van der Waals surface area (Å²) in [5, 5.41) is 14.5. The van der Waals surface area contributed by atoms with Gasteiger partial charge in [-0.2, -0.15) is 5.10 Å². The van der Waals surface area contributed by atoms with Crippen molar-refractivity contribution in [3.63, 3.8) is 0 Å². The van der Waals surface area contributed by atoms with E-state index in [0.717, 1.165) is 22.0 Å². The summed E-state index contributed by atoms with van der Waals surface area (Å²) in [6.07, 6.45) is 2.38. The van der Waals surface area contributed by atoms with E-state index in [1.54, 1.807) is 0 Å². The molecule has 0 aliphatic heterocycles. The molecule has 2 aromatic rings. The second-order valence-corrected chi connectivity index (χ2v) is 6.06. The number of thioether (sulfide) groups is 1. The Kier molecular flexibility index (Phi) is 3.53. The highest BCUT2D eigenvalue weighted by Crippen LogP contribution is 2.41. The molecule has 0 radical (unpaired) electrons. The minimum atomic E-state index is -0.805. The number of aryl methyl sites for hydroxylation is 1. The zero-order valence-electron chi connectivity index (χ0n) is 11.2. The first-order valence-electron chi connectivity index (χ1n) is 6.65. The SMILES string of the molecule is Cc1ccccc1-n1nc(C2CC2)cc1SCC(=O)O. The number of para-hydroxylation sites is 1. The second-order valence-electron chi connectivity index (χ2n) is 5.06. The molecule has 1 aliphatic rings. The zero-order valence-corrected chi connectivity index (χ0v) is 12.1. The summed E-state index contributed by atoms with van der Waals surface area (Å²) < 4.78 is 1.89. The lowest BCUT2D eigenvalue weighted by Crippen LogP contribution is -2.03. The van der Waals surface area contributed by atoms with Crippen LogP contribution in [0.1, 0.15) is 30.0 Å². The number of benzene rings is 1. The van der Waals surface area contributed by atoms with Gasteiger partial charge in [0.1, 0.15) is 5.03 Å². The highest BCUT2D eigenvalue weighted by molar-refractivity contribution is 7.99. The van der Waals surface area contributed by atoms with E-state index in [-0.39, 0.29) is 5.75 Å². The van der Waals surface area contributed by atoms with Gasteiger partial charge in [0.25, 0.3) is 0 Å². The summed E-state index contributed by atoms with van der Waals surface area (Å²) in [6, 6.07) is 10.1. The standard InChI is InChI=1S/C15H16N2O2S/c1-10-4-2-3-5-13(10)17-14(20-9-15(18)19)8-12(16-17)11-6-7-11/h2-5,8,11H,6-7,9H2,1H3,(H,18,19). The fourth-order valence-corrected chi connectivity index (χ4v) is 2.91. The van der Waals surface area contributed by atoms with Crippen LogP contribution >= 0.6 is 11.8 Å². The molecule has 1 N–H and O–H groups in total. The quantitative estimate of drug-likeness (QED) is 0.858. The predicted molar refractivity (Wildman–Crippen MR) is 78.6 cm³/mol. The van der Waals surface area contributed by atoms with Gasteiger partial charge in [0.15, 0.2) is 0 Å². The summed E-state index contributed by atoms with van der Waals surface area (Å²) in [5.41, 5.74) is 3.24. The van der Waals surface area contributed by atoms with E-state index in [1.165, 1.54) is 24.6 Å². The molecule has 0 bridgehead atoms. The first kappa shape index (κ1) is 13.2. The maximum Gasteiger partial charge on any atom is 0.313 e. The molecule has 0 amide bonds.